The average Bonchev–Trinajstić information content (AvgIpc) is 3.15. The van der Waals surface area contributed by atoms with Crippen LogP contribution in [0.5, 0.6) is 0 Å². The molecule has 0 radical (unpaired) electrons. The monoisotopic (exact) mass is 551 g/mol. The zero-order valence-electron chi connectivity index (χ0n) is 25.4. The van der Waals surface area contributed by atoms with E-state index < -0.39 is 0 Å². The Bertz CT molecular complexity index is 1110. The molecule has 0 saturated carbocycles. The number of esters is 2. The van der Waals surface area contributed by atoms with Crippen LogP contribution in [0.2, 0.25) is 0 Å². The Morgan fingerprint density at radius 1 is 0.800 bits per heavy atom. The Kier molecular flexibility index (Phi) is 15.1. The van der Waals surface area contributed by atoms with E-state index in [2.05, 4.69) is 11.5 Å². The van der Waals surface area contributed by atoms with Gasteiger partial charge in [-0.15, -0.1) is 0 Å². The summed E-state index contributed by atoms with van der Waals surface area (Å²) in [6.45, 7) is 10.9. The normalized spacial score (nSPS) is 11.2. The van der Waals surface area contributed by atoms with Crippen LogP contribution in [0.25, 0.3) is 6.08 Å². The molecule has 2 rings (SSSR count). The Hall–Kier alpha value is -3.15. The second-order valence-electron chi connectivity index (χ2n) is 10.4. The minimum atomic E-state index is -0.367. The Morgan fingerprint density at radius 2 is 1.40 bits per heavy atom. The van der Waals surface area contributed by atoms with E-state index in [4.69, 9.17) is 9.47 Å². The largest absolute Gasteiger partial charge is 0.466 e. The van der Waals surface area contributed by atoms with E-state index in [0.717, 1.165) is 46.5 Å². The smallest absolute Gasteiger partial charge is 0.330 e. The SMILES string of the molecule is CCCCCCCCCCCC(=O)c1c(C)c(CC(=O)OCC)n(Cc2ccc(/C=C/C(=O)OCC)cc2)c1C. The average molecular weight is 552 g/mol. The van der Waals surface area contributed by atoms with Crippen molar-refractivity contribution in [2.24, 2.45) is 0 Å². The van der Waals surface area contributed by atoms with Crippen LogP contribution in [0.4, 0.5) is 0 Å². The third kappa shape index (κ3) is 10.8. The number of nitrogens with zero attached hydrogens (tertiary/aromatic N) is 1. The van der Waals surface area contributed by atoms with Crippen LogP contribution in [0.15, 0.2) is 30.3 Å². The predicted octanol–water partition coefficient (Wildman–Crippen LogP) is 7.94. The van der Waals surface area contributed by atoms with Gasteiger partial charge in [0.1, 0.15) is 0 Å². The minimum absolute atomic E-state index is 0.131. The van der Waals surface area contributed by atoms with Crippen LogP contribution in [0.1, 0.15) is 123 Å². The summed E-state index contributed by atoms with van der Waals surface area (Å²) in [6, 6.07) is 7.88. The van der Waals surface area contributed by atoms with Gasteiger partial charge in [-0.25, -0.2) is 4.79 Å². The molecule has 6 heteroatoms. The fraction of sp³-hybridized carbons (Fsp3) is 0.559. The quantitative estimate of drug-likeness (QED) is 0.0767. The van der Waals surface area contributed by atoms with Crippen LogP contribution >= 0.6 is 0 Å². The first kappa shape index (κ1) is 33.1. The lowest BCUT2D eigenvalue weighted by Crippen LogP contribution is -2.14. The van der Waals surface area contributed by atoms with Crippen molar-refractivity contribution in [3.8, 4) is 0 Å². The van der Waals surface area contributed by atoms with Crippen molar-refractivity contribution in [1.82, 2.24) is 4.57 Å². The molecule has 0 amide bonds. The molecule has 220 valence electrons. The fourth-order valence-corrected chi connectivity index (χ4v) is 5.15. The van der Waals surface area contributed by atoms with Gasteiger partial charge in [-0.3, -0.25) is 9.59 Å². The Labute approximate surface area is 241 Å². The van der Waals surface area contributed by atoms with Gasteiger partial charge >= 0.3 is 11.9 Å². The molecule has 2 aromatic rings. The van der Waals surface area contributed by atoms with Crippen molar-refractivity contribution in [3.63, 3.8) is 0 Å². The summed E-state index contributed by atoms with van der Waals surface area (Å²) in [5, 5.41) is 0. The molecule has 0 bridgehead atoms. The molecule has 6 nitrogen and oxygen atoms in total. The van der Waals surface area contributed by atoms with Crippen LogP contribution in [0.3, 0.4) is 0 Å². The highest BCUT2D eigenvalue weighted by Gasteiger charge is 2.24. The van der Waals surface area contributed by atoms with E-state index >= 15 is 0 Å². The van der Waals surface area contributed by atoms with Gasteiger partial charge in [0, 0.05) is 36.0 Å². The molecule has 0 aliphatic heterocycles. The van der Waals surface area contributed by atoms with Gasteiger partial charge in [-0.1, -0.05) is 82.6 Å². The lowest BCUT2D eigenvalue weighted by Gasteiger charge is -2.13. The number of aromatic nitrogens is 1. The van der Waals surface area contributed by atoms with Gasteiger partial charge in [0.2, 0.25) is 0 Å². The van der Waals surface area contributed by atoms with Gasteiger partial charge in [-0.05, 0) is 56.9 Å². The molecule has 0 fully saturated rings. The van der Waals surface area contributed by atoms with E-state index in [1.54, 1.807) is 19.9 Å². The standard InChI is InChI=1S/C34H49NO5/c1-6-9-10-11-12-13-14-15-16-17-31(36)34-26(4)30(24-33(38)40-8-3)35(27(34)5)25-29-20-18-28(19-21-29)22-23-32(37)39-7-2/h18-23H,6-17,24-25H2,1-5H3/b23-22+. The van der Waals surface area contributed by atoms with Crippen LogP contribution in [-0.2, 0) is 32.0 Å². The summed E-state index contributed by atoms with van der Waals surface area (Å²) in [7, 11) is 0. The highest BCUT2D eigenvalue weighted by molar-refractivity contribution is 5.99. The second kappa shape index (κ2) is 18.2. The molecular formula is C34H49NO5. The number of hydrogen-bond acceptors (Lipinski definition) is 5. The topological polar surface area (TPSA) is 74.6 Å². The number of unbranched alkanes of at least 4 members (excludes halogenated alkanes) is 8. The number of carbonyl (C=O) groups is 3. The summed E-state index contributed by atoms with van der Waals surface area (Å²) >= 11 is 0. The van der Waals surface area contributed by atoms with Crippen molar-refractivity contribution in [2.45, 2.75) is 112 Å². The molecule has 40 heavy (non-hydrogen) atoms. The predicted molar refractivity (Wildman–Crippen MR) is 162 cm³/mol. The number of ether oxygens (including phenoxy) is 2. The molecule has 0 atom stereocenters. The molecule has 1 aromatic heterocycles. The number of hydrogen-bond donors (Lipinski definition) is 0. The summed E-state index contributed by atoms with van der Waals surface area (Å²) < 4.78 is 12.3. The maximum atomic E-state index is 13.4. The van der Waals surface area contributed by atoms with Crippen molar-refractivity contribution < 1.29 is 23.9 Å². The van der Waals surface area contributed by atoms with E-state index in [9.17, 15) is 14.4 Å². The summed E-state index contributed by atoms with van der Waals surface area (Å²) in [5.74, 6) is -0.503. The van der Waals surface area contributed by atoms with E-state index in [0.29, 0.717) is 26.2 Å². The van der Waals surface area contributed by atoms with Gasteiger partial charge < -0.3 is 14.0 Å². The zero-order chi connectivity index (χ0) is 29.3. The molecule has 0 aliphatic carbocycles. The van der Waals surface area contributed by atoms with Crippen LogP contribution in [0, 0.1) is 13.8 Å². The molecule has 1 aromatic carbocycles. The molecule has 0 aliphatic rings. The maximum Gasteiger partial charge on any atom is 0.330 e. The molecule has 0 saturated heterocycles. The second-order valence-corrected chi connectivity index (χ2v) is 10.4. The summed E-state index contributed by atoms with van der Waals surface area (Å²) in [6.07, 6.45) is 14.7. The number of rotatable bonds is 19. The van der Waals surface area contributed by atoms with Gasteiger partial charge in [0.25, 0.3) is 0 Å². The minimum Gasteiger partial charge on any atom is -0.466 e. The van der Waals surface area contributed by atoms with Crippen molar-refractivity contribution in [1.29, 1.82) is 0 Å². The number of carbonyl (C=O) groups excluding carboxylic acids is 3. The molecule has 1 heterocycles. The van der Waals surface area contributed by atoms with Gasteiger partial charge in [-0.2, -0.15) is 0 Å². The first-order valence-corrected chi connectivity index (χ1v) is 15.1. The number of ketones is 1. The zero-order valence-corrected chi connectivity index (χ0v) is 25.4. The molecule has 0 N–H and O–H groups in total. The highest BCUT2D eigenvalue weighted by atomic mass is 16.5. The molecule has 0 unspecified atom stereocenters. The van der Waals surface area contributed by atoms with Crippen molar-refractivity contribution >= 4 is 23.8 Å². The van der Waals surface area contributed by atoms with Gasteiger partial charge in [0.15, 0.2) is 5.78 Å². The maximum absolute atomic E-state index is 13.4. The van der Waals surface area contributed by atoms with E-state index in [1.165, 1.54) is 51.0 Å². The van der Waals surface area contributed by atoms with E-state index in [1.807, 2.05) is 38.1 Å². The third-order valence-corrected chi connectivity index (χ3v) is 7.32. The lowest BCUT2D eigenvalue weighted by atomic mass is 9.99. The fourth-order valence-electron chi connectivity index (χ4n) is 5.15. The van der Waals surface area contributed by atoms with E-state index in [-0.39, 0.29) is 24.1 Å². The third-order valence-electron chi connectivity index (χ3n) is 7.32. The lowest BCUT2D eigenvalue weighted by molar-refractivity contribution is -0.142. The number of benzene rings is 1. The van der Waals surface area contributed by atoms with Gasteiger partial charge in [0.05, 0.1) is 19.6 Å². The Balaban J connectivity index is 2.12. The summed E-state index contributed by atoms with van der Waals surface area (Å²) in [4.78, 5) is 37.4. The first-order chi connectivity index (χ1) is 19.3. The van der Waals surface area contributed by atoms with Crippen molar-refractivity contribution in [3.05, 3.63) is 64.0 Å². The Morgan fingerprint density at radius 3 is 2.00 bits per heavy atom. The number of Topliss-reactive ketones (excluding diaryl/α,β-unsaturated/α-hetero) is 1. The molecule has 0 spiro atoms. The van der Waals surface area contributed by atoms with Crippen LogP contribution < -0.4 is 0 Å². The van der Waals surface area contributed by atoms with Crippen molar-refractivity contribution in [2.75, 3.05) is 13.2 Å². The van der Waals surface area contributed by atoms with Crippen LogP contribution in [-0.4, -0.2) is 35.5 Å². The summed E-state index contributed by atoms with van der Waals surface area (Å²) in [5.41, 5.74) is 5.27. The highest BCUT2D eigenvalue weighted by Crippen LogP contribution is 2.27. The first-order valence-electron chi connectivity index (χ1n) is 15.1. The molecular weight excluding hydrogens is 502 g/mol.